The summed E-state index contributed by atoms with van der Waals surface area (Å²) in [5.41, 5.74) is 1.49. The molecule has 0 spiro atoms. The molecule has 25 heavy (non-hydrogen) atoms. The Morgan fingerprint density at radius 1 is 0.720 bits per heavy atom. The first-order chi connectivity index (χ1) is 12.1. The molecule has 136 valence electrons. The first-order valence-electron chi connectivity index (χ1n) is 9.21. The van der Waals surface area contributed by atoms with E-state index in [0.717, 1.165) is 31.2 Å². The Morgan fingerprint density at radius 2 is 1.24 bits per heavy atom. The maximum absolute atomic E-state index is 11.8. The largest absolute Gasteiger partial charge is 0.332 e. The van der Waals surface area contributed by atoms with Crippen LogP contribution in [0.25, 0.3) is 0 Å². The summed E-state index contributed by atoms with van der Waals surface area (Å²) in [6.07, 6.45) is 8.34. The second-order valence-corrected chi connectivity index (χ2v) is 8.46. The predicted molar refractivity (Wildman–Crippen MR) is 104 cm³/mol. The molecular weight excluding hydrogens is 331 g/mol. The SMILES string of the molecule is O=P(O)(O)C(CCCCCCCCc1ccccc1)c1ccccc1. The minimum Gasteiger partial charge on any atom is -0.324 e. The van der Waals surface area contributed by atoms with Crippen molar-refractivity contribution in [3.05, 3.63) is 71.8 Å². The van der Waals surface area contributed by atoms with Gasteiger partial charge < -0.3 is 9.79 Å². The Hall–Kier alpha value is -1.41. The average Bonchev–Trinajstić information content (AvgIpc) is 2.61. The monoisotopic (exact) mass is 360 g/mol. The number of benzene rings is 2. The van der Waals surface area contributed by atoms with Crippen LogP contribution in [0.3, 0.4) is 0 Å². The number of aryl methyl sites for hydroxylation is 1. The van der Waals surface area contributed by atoms with Gasteiger partial charge in [0.25, 0.3) is 0 Å². The van der Waals surface area contributed by atoms with Gasteiger partial charge in [-0.2, -0.15) is 0 Å². The summed E-state index contributed by atoms with van der Waals surface area (Å²) >= 11 is 0. The van der Waals surface area contributed by atoms with Crippen LogP contribution in [-0.2, 0) is 11.0 Å². The van der Waals surface area contributed by atoms with Gasteiger partial charge >= 0.3 is 7.60 Å². The fourth-order valence-electron chi connectivity index (χ4n) is 3.22. The van der Waals surface area contributed by atoms with Crippen molar-refractivity contribution in [2.45, 2.75) is 57.0 Å². The van der Waals surface area contributed by atoms with Gasteiger partial charge in [0, 0.05) is 0 Å². The molecule has 0 heterocycles. The van der Waals surface area contributed by atoms with E-state index in [1.54, 1.807) is 0 Å². The summed E-state index contributed by atoms with van der Waals surface area (Å²) in [6, 6.07) is 19.7. The van der Waals surface area contributed by atoms with E-state index in [9.17, 15) is 14.4 Å². The molecule has 0 saturated heterocycles. The van der Waals surface area contributed by atoms with Crippen molar-refractivity contribution in [3.8, 4) is 0 Å². The lowest BCUT2D eigenvalue weighted by atomic mass is 10.0. The van der Waals surface area contributed by atoms with Crippen LogP contribution < -0.4 is 0 Å². The topological polar surface area (TPSA) is 57.5 Å². The van der Waals surface area contributed by atoms with E-state index < -0.39 is 13.3 Å². The summed E-state index contributed by atoms with van der Waals surface area (Å²) < 4.78 is 11.8. The van der Waals surface area contributed by atoms with Gasteiger partial charge in [0.05, 0.1) is 5.66 Å². The highest BCUT2D eigenvalue weighted by molar-refractivity contribution is 7.52. The molecule has 1 atom stereocenters. The van der Waals surface area contributed by atoms with Crippen LogP contribution in [0.15, 0.2) is 60.7 Å². The lowest BCUT2D eigenvalue weighted by Gasteiger charge is -2.18. The second-order valence-electron chi connectivity index (χ2n) is 6.66. The van der Waals surface area contributed by atoms with Crippen molar-refractivity contribution in [2.75, 3.05) is 0 Å². The minimum atomic E-state index is -4.10. The molecular formula is C21H29O3P. The van der Waals surface area contributed by atoms with E-state index in [1.807, 2.05) is 36.4 Å². The molecule has 0 saturated carbocycles. The normalized spacial score (nSPS) is 12.9. The zero-order valence-corrected chi connectivity index (χ0v) is 15.7. The zero-order chi connectivity index (χ0) is 18.0. The predicted octanol–water partition coefficient (Wildman–Crippen LogP) is 5.88. The van der Waals surface area contributed by atoms with Crippen LogP contribution in [-0.4, -0.2) is 9.79 Å². The molecule has 0 radical (unpaired) electrons. The molecule has 4 heteroatoms. The Balaban J connectivity index is 1.62. The van der Waals surface area contributed by atoms with Crippen molar-refractivity contribution < 1.29 is 14.4 Å². The lowest BCUT2D eigenvalue weighted by Crippen LogP contribution is -2.00. The fourth-order valence-corrected chi connectivity index (χ4v) is 4.30. The van der Waals surface area contributed by atoms with E-state index in [0.29, 0.717) is 6.42 Å². The standard InChI is InChI=1S/C21H29O3P/c22-25(23,24)21(20-16-10-6-11-17-20)18-12-4-2-1-3-7-13-19-14-8-5-9-15-19/h5-6,8-11,14-17,21H,1-4,7,12-13,18H2,(H2,22,23,24). The van der Waals surface area contributed by atoms with Gasteiger partial charge in [-0.25, -0.2) is 0 Å². The molecule has 0 aliphatic carbocycles. The molecule has 1 unspecified atom stereocenters. The van der Waals surface area contributed by atoms with Gasteiger partial charge in [0.15, 0.2) is 0 Å². The Kier molecular flexibility index (Phi) is 8.40. The van der Waals surface area contributed by atoms with Gasteiger partial charge in [-0.05, 0) is 30.4 Å². The van der Waals surface area contributed by atoms with E-state index in [-0.39, 0.29) is 0 Å². The molecule has 0 amide bonds. The van der Waals surface area contributed by atoms with E-state index in [4.69, 9.17) is 0 Å². The lowest BCUT2D eigenvalue weighted by molar-refractivity contribution is 0.353. The summed E-state index contributed by atoms with van der Waals surface area (Å²) in [4.78, 5) is 19.2. The molecule has 2 rings (SSSR count). The van der Waals surface area contributed by atoms with Crippen molar-refractivity contribution in [3.63, 3.8) is 0 Å². The highest BCUT2D eigenvalue weighted by Crippen LogP contribution is 2.54. The van der Waals surface area contributed by atoms with Crippen LogP contribution in [0.4, 0.5) is 0 Å². The Morgan fingerprint density at radius 3 is 1.84 bits per heavy atom. The van der Waals surface area contributed by atoms with Gasteiger partial charge in [-0.15, -0.1) is 0 Å². The number of rotatable bonds is 11. The second kappa shape index (κ2) is 10.6. The van der Waals surface area contributed by atoms with E-state index >= 15 is 0 Å². The van der Waals surface area contributed by atoms with Gasteiger partial charge in [0.1, 0.15) is 0 Å². The van der Waals surface area contributed by atoms with Crippen molar-refractivity contribution in [2.24, 2.45) is 0 Å². The fraction of sp³-hybridized carbons (Fsp3) is 0.429. The van der Waals surface area contributed by atoms with Gasteiger partial charge in [-0.3, -0.25) is 4.57 Å². The Bertz CT molecular complexity index is 637. The van der Waals surface area contributed by atoms with Crippen molar-refractivity contribution in [1.29, 1.82) is 0 Å². The minimum absolute atomic E-state index is 0.554. The van der Waals surface area contributed by atoms with Crippen LogP contribution >= 0.6 is 7.60 Å². The quantitative estimate of drug-likeness (QED) is 0.389. The van der Waals surface area contributed by atoms with Gasteiger partial charge in [-0.1, -0.05) is 92.8 Å². The maximum atomic E-state index is 11.8. The highest BCUT2D eigenvalue weighted by Gasteiger charge is 2.29. The van der Waals surface area contributed by atoms with E-state index in [1.165, 1.54) is 24.8 Å². The molecule has 2 aromatic rings. The molecule has 2 aromatic carbocycles. The van der Waals surface area contributed by atoms with Crippen LogP contribution in [0.2, 0.25) is 0 Å². The van der Waals surface area contributed by atoms with E-state index in [2.05, 4.69) is 24.3 Å². The maximum Gasteiger partial charge on any atom is 0.332 e. The zero-order valence-electron chi connectivity index (χ0n) is 14.8. The summed E-state index contributed by atoms with van der Waals surface area (Å²) in [5.74, 6) is 0. The van der Waals surface area contributed by atoms with Gasteiger partial charge in [0.2, 0.25) is 0 Å². The van der Waals surface area contributed by atoms with Crippen LogP contribution in [0.1, 0.15) is 61.7 Å². The summed E-state index contributed by atoms with van der Waals surface area (Å²) in [5, 5.41) is 0. The molecule has 0 fully saturated rings. The average molecular weight is 360 g/mol. The number of hydrogen-bond donors (Lipinski definition) is 2. The van der Waals surface area contributed by atoms with Crippen LogP contribution in [0.5, 0.6) is 0 Å². The molecule has 3 nitrogen and oxygen atoms in total. The highest BCUT2D eigenvalue weighted by atomic mass is 31.2. The first kappa shape index (κ1) is 19.9. The molecule has 2 N–H and O–H groups in total. The Labute approximate surface area is 151 Å². The molecule has 0 bridgehead atoms. The summed E-state index contributed by atoms with van der Waals surface area (Å²) in [7, 11) is -4.10. The molecule has 0 aliphatic heterocycles. The third-order valence-electron chi connectivity index (χ3n) is 4.63. The third-order valence-corrected chi connectivity index (χ3v) is 5.99. The third kappa shape index (κ3) is 7.56. The number of unbranched alkanes of at least 4 members (excludes halogenated alkanes) is 5. The van der Waals surface area contributed by atoms with Crippen molar-refractivity contribution in [1.82, 2.24) is 0 Å². The first-order valence-corrected chi connectivity index (χ1v) is 10.9. The molecule has 0 aliphatic rings. The van der Waals surface area contributed by atoms with Crippen LogP contribution in [0, 0.1) is 0 Å². The molecule has 0 aromatic heterocycles. The smallest absolute Gasteiger partial charge is 0.324 e. The number of hydrogen-bond acceptors (Lipinski definition) is 1. The summed E-state index contributed by atoms with van der Waals surface area (Å²) in [6.45, 7) is 0. The van der Waals surface area contributed by atoms with Crippen molar-refractivity contribution >= 4 is 7.60 Å².